The van der Waals surface area contributed by atoms with E-state index in [1.807, 2.05) is 13.8 Å². The molecule has 1 heterocycles. The van der Waals surface area contributed by atoms with Gasteiger partial charge in [-0.1, -0.05) is 20.3 Å². The van der Waals surface area contributed by atoms with Crippen LogP contribution in [0.4, 0.5) is 0 Å². The molecule has 0 aliphatic rings. The van der Waals surface area contributed by atoms with Crippen LogP contribution in [-0.2, 0) is 0 Å². The minimum absolute atomic E-state index is 0.213. The van der Waals surface area contributed by atoms with Crippen molar-refractivity contribution in [2.75, 3.05) is 0 Å². The summed E-state index contributed by atoms with van der Waals surface area (Å²) < 4.78 is 6.79. The Labute approximate surface area is 94.6 Å². The number of halogens is 2. The molecule has 0 spiro atoms. The Kier molecular flexibility index (Phi) is 4.01. The highest BCUT2D eigenvalue weighted by atomic mass is 79.9. The Morgan fingerprint density at radius 1 is 1.54 bits per heavy atom. The van der Waals surface area contributed by atoms with Gasteiger partial charge < -0.3 is 9.52 Å². The summed E-state index contributed by atoms with van der Waals surface area (Å²) in [6.07, 6.45) is 0.407. The van der Waals surface area contributed by atoms with E-state index in [9.17, 15) is 5.11 Å². The second kappa shape index (κ2) is 4.62. The zero-order valence-corrected chi connectivity index (χ0v) is 10.7. The van der Waals surface area contributed by atoms with Crippen molar-refractivity contribution in [3.63, 3.8) is 0 Å². The topological polar surface area (TPSA) is 33.4 Å². The van der Waals surface area contributed by atoms with Gasteiger partial charge in [-0.25, -0.2) is 0 Å². The molecule has 1 N–H and O–H groups in total. The van der Waals surface area contributed by atoms with Gasteiger partial charge in [0.1, 0.15) is 11.9 Å². The van der Waals surface area contributed by atoms with Crippen LogP contribution in [0.2, 0.25) is 0 Å². The monoisotopic (exact) mass is 310 g/mol. The predicted octanol–water partition coefficient (Wildman–Crippen LogP) is 3.88. The molecule has 13 heavy (non-hydrogen) atoms. The van der Waals surface area contributed by atoms with Crippen LogP contribution < -0.4 is 0 Å². The second-order valence-corrected chi connectivity index (χ2v) is 4.68. The lowest BCUT2D eigenvalue weighted by atomic mass is 10.0. The fourth-order valence-corrected chi connectivity index (χ4v) is 1.62. The fraction of sp³-hybridized carbons (Fsp3) is 0.556. The highest BCUT2D eigenvalue weighted by Crippen LogP contribution is 2.33. The van der Waals surface area contributed by atoms with Crippen LogP contribution in [0.5, 0.6) is 0 Å². The van der Waals surface area contributed by atoms with Gasteiger partial charge in [0.05, 0.1) is 4.47 Å². The molecule has 0 amide bonds. The molecular formula is C9H12Br2O2. The first-order valence-corrected chi connectivity index (χ1v) is 5.77. The van der Waals surface area contributed by atoms with Crippen LogP contribution in [0, 0.1) is 5.92 Å². The van der Waals surface area contributed by atoms with Crippen molar-refractivity contribution >= 4 is 31.9 Å². The lowest BCUT2D eigenvalue weighted by molar-refractivity contribution is 0.0913. The average Bonchev–Trinajstić information content (AvgIpc) is 2.44. The van der Waals surface area contributed by atoms with Gasteiger partial charge >= 0.3 is 0 Å². The molecule has 4 heteroatoms. The maximum absolute atomic E-state index is 9.79. The van der Waals surface area contributed by atoms with E-state index >= 15 is 0 Å². The Morgan fingerprint density at radius 2 is 2.15 bits per heavy atom. The predicted molar refractivity (Wildman–Crippen MR) is 58.5 cm³/mol. The number of aliphatic hydroxyl groups excluding tert-OH is 1. The van der Waals surface area contributed by atoms with Gasteiger partial charge in [-0.3, -0.25) is 0 Å². The van der Waals surface area contributed by atoms with Crippen molar-refractivity contribution in [3.05, 3.63) is 21.0 Å². The van der Waals surface area contributed by atoms with E-state index in [1.165, 1.54) is 0 Å². The van der Waals surface area contributed by atoms with Crippen molar-refractivity contribution in [3.8, 4) is 0 Å². The van der Waals surface area contributed by atoms with Crippen LogP contribution in [0.1, 0.15) is 32.1 Å². The summed E-state index contributed by atoms with van der Waals surface area (Å²) in [7, 11) is 0. The summed E-state index contributed by atoms with van der Waals surface area (Å²) in [5.74, 6) is 0.818. The van der Waals surface area contributed by atoms with Crippen molar-refractivity contribution < 1.29 is 9.52 Å². The molecule has 1 aromatic rings. The smallest absolute Gasteiger partial charge is 0.183 e. The zero-order chi connectivity index (χ0) is 10.0. The standard InChI is InChI=1S/C9H12Br2O2/c1-3-5(2)8(12)7-4-6(10)9(11)13-7/h4-5,8,12H,3H2,1-2H3. The molecule has 2 atom stereocenters. The molecule has 2 nitrogen and oxygen atoms in total. The second-order valence-electron chi connectivity index (χ2n) is 3.10. The van der Waals surface area contributed by atoms with E-state index < -0.39 is 6.10 Å². The fourth-order valence-electron chi connectivity index (χ4n) is 1.01. The molecule has 0 bridgehead atoms. The third-order valence-electron chi connectivity index (χ3n) is 2.14. The molecule has 0 saturated carbocycles. The van der Waals surface area contributed by atoms with Gasteiger partial charge in [0, 0.05) is 0 Å². The lowest BCUT2D eigenvalue weighted by Gasteiger charge is -2.13. The first-order valence-electron chi connectivity index (χ1n) is 4.19. The van der Waals surface area contributed by atoms with Crippen LogP contribution in [-0.4, -0.2) is 5.11 Å². The first kappa shape index (κ1) is 11.3. The van der Waals surface area contributed by atoms with Crippen molar-refractivity contribution in [2.24, 2.45) is 5.92 Å². The van der Waals surface area contributed by atoms with E-state index in [2.05, 4.69) is 31.9 Å². The quantitative estimate of drug-likeness (QED) is 0.919. The molecule has 0 aliphatic carbocycles. The maximum atomic E-state index is 9.79. The van der Waals surface area contributed by atoms with Crippen LogP contribution >= 0.6 is 31.9 Å². The average molecular weight is 312 g/mol. The third-order valence-corrected chi connectivity index (χ3v) is 3.85. The largest absolute Gasteiger partial charge is 0.450 e. The van der Waals surface area contributed by atoms with E-state index in [0.717, 1.165) is 10.9 Å². The summed E-state index contributed by atoms with van der Waals surface area (Å²) in [6.45, 7) is 4.04. The van der Waals surface area contributed by atoms with Gasteiger partial charge in [-0.15, -0.1) is 0 Å². The summed E-state index contributed by atoms with van der Waals surface area (Å²) in [5, 5.41) is 9.79. The molecule has 74 valence electrons. The summed E-state index contributed by atoms with van der Waals surface area (Å²) in [6, 6.07) is 1.79. The molecule has 0 aromatic carbocycles. The number of hydrogen-bond acceptors (Lipinski definition) is 2. The van der Waals surface area contributed by atoms with Gasteiger partial charge in [0.2, 0.25) is 0 Å². The van der Waals surface area contributed by atoms with Gasteiger partial charge in [0.15, 0.2) is 4.67 Å². The van der Waals surface area contributed by atoms with Crippen LogP contribution in [0.15, 0.2) is 19.6 Å². The van der Waals surface area contributed by atoms with Crippen molar-refractivity contribution in [1.29, 1.82) is 0 Å². The molecule has 0 saturated heterocycles. The Balaban J connectivity index is 2.82. The van der Waals surface area contributed by atoms with E-state index in [1.54, 1.807) is 6.07 Å². The SMILES string of the molecule is CCC(C)C(O)c1cc(Br)c(Br)o1. The number of hydrogen-bond donors (Lipinski definition) is 1. The van der Waals surface area contributed by atoms with Gasteiger partial charge in [0.25, 0.3) is 0 Å². The molecule has 0 aliphatic heterocycles. The molecule has 2 unspecified atom stereocenters. The minimum Gasteiger partial charge on any atom is -0.450 e. The van der Waals surface area contributed by atoms with E-state index in [-0.39, 0.29) is 5.92 Å². The Bertz CT molecular complexity index is 264. The van der Waals surface area contributed by atoms with Crippen LogP contribution in [0.3, 0.4) is 0 Å². The normalized spacial score (nSPS) is 15.8. The highest BCUT2D eigenvalue weighted by Gasteiger charge is 2.19. The first-order chi connectivity index (χ1) is 6.06. The summed E-state index contributed by atoms with van der Waals surface area (Å²) >= 11 is 6.53. The van der Waals surface area contributed by atoms with Crippen molar-refractivity contribution in [2.45, 2.75) is 26.4 Å². The molecule has 1 aromatic heterocycles. The van der Waals surface area contributed by atoms with Gasteiger partial charge in [-0.2, -0.15) is 0 Å². The number of aliphatic hydroxyl groups is 1. The maximum Gasteiger partial charge on any atom is 0.183 e. The molecule has 0 fully saturated rings. The van der Waals surface area contributed by atoms with Crippen molar-refractivity contribution in [1.82, 2.24) is 0 Å². The Hall–Kier alpha value is 0.200. The summed E-state index contributed by atoms with van der Waals surface area (Å²) in [4.78, 5) is 0. The minimum atomic E-state index is -0.521. The van der Waals surface area contributed by atoms with E-state index in [0.29, 0.717) is 10.4 Å². The Morgan fingerprint density at radius 3 is 2.54 bits per heavy atom. The summed E-state index contributed by atoms with van der Waals surface area (Å²) in [5.41, 5.74) is 0. The zero-order valence-electron chi connectivity index (χ0n) is 7.55. The number of furan rings is 1. The lowest BCUT2D eigenvalue weighted by Crippen LogP contribution is -2.06. The third kappa shape index (κ3) is 2.58. The van der Waals surface area contributed by atoms with Gasteiger partial charge in [-0.05, 0) is 43.8 Å². The molecule has 1 rings (SSSR count). The molecule has 0 radical (unpaired) electrons. The highest BCUT2D eigenvalue weighted by molar-refractivity contribution is 9.13. The number of rotatable bonds is 3. The van der Waals surface area contributed by atoms with Crippen LogP contribution in [0.25, 0.3) is 0 Å². The molecular weight excluding hydrogens is 300 g/mol. The van der Waals surface area contributed by atoms with E-state index in [4.69, 9.17) is 4.42 Å².